The third-order valence-electron chi connectivity index (χ3n) is 3.70. The Labute approximate surface area is 117 Å². The summed E-state index contributed by atoms with van der Waals surface area (Å²) < 4.78 is 5.73. The zero-order valence-electron chi connectivity index (χ0n) is 11.8. The van der Waals surface area contributed by atoms with Crippen LogP contribution in [0.3, 0.4) is 0 Å². The van der Waals surface area contributed by atoms with Crippen LogP contribution in [-0.2, 0) is 11.3 Å². The van der Waals surface area contributed by atoms with Crippen LogP contribution in [-0.4, -0.2) is 35.3 Å². The van der Waals surface area contributed by atoms with Crippen molar-refractivity contribution in [2.45, 2.75) is 32.6 Å². The molecule has 5 heteroatoms. The van der Waals surface area contributed by atoms with Crippen molar-refractivity contribution in [2.75, 3.05) is 13.1 Å². The number of ether oxygens (including phenoxy) is 1. The van der Waals surface area contributed by atoms with E-state index in [4.69, 9.17) is 4.74 Å². The predicted molar refractivity (Wildman–Crippen MR) is 76.8 cm³/mol. The lowest BCUT2D eigenvalue weighted by atomic mass is 10.2. The van der Waals surface area contributed by atoms with Crippen LogP contribution >= 0.6 is 0 Å². The van der Waals surface area contributed by atoms with Crippen molar-refractivity contribution >= 4 is 10.9 Å². The minimum Gasteiger partial charge on any atom is -0.364 e. The number of rotatable bonds is 2. The first kappa shape index (κ1) is 13.3. The Kier molecular flexibility index (Phi) is 3.54. The van der Waals surface area contributed by atoms with Crippen molar-refractivity contribution in [1.29, 1.82) is 0 Å². The number of para-hydroxylation sites is 1. The third-order valence-corrected chi connectivity index (χ3v) is 3.70. The SMILES string of the molecule is C[C@@H]1C[NH+](Cc2nc3ccccc3c(=O)[nH]2)C[C@H](C)O1. The number of H-pyrrole nitrogens is 1. The minimum atomic E-state index is -0.0562. The maximum Gasteiger partial charge on any atom is 0.258 e. The molecule has 0 amide bonds. The number of nitrogens with zero attached hydrogens (tertiary/aromatic N) is 1. The van der Waals surface area contributed by atoms with Crippen molar-refractivity contribution in [3.63, 3.8) is 0 Å². The molecule has 2 N–H and O–H groups in total. The maximum atomic E-state index is 12.0. The molecule has 106 valence electrons. The molecule has 1 saturated heterocycles. The molecule has 1 aliphatic heterocycles. The Hall–Kier alpha value is -1.72. The van der Waals surface area contributed by atoms with E-state index < -0.39 is 0 Å². The maximum absolute atomic E-state index is 12.0. The molecule has 0 bridgehead atoms. The number of benzene rings is 1. The Balaban J connectivity index is 1.86. The average molecular weight is 274 g/mol. The van der Waals surface area contributed by atoms with Crippen LogP contribution < -0.4 is 10.5 Å². The molecule has 1 aromatic carbocycles. The summed E-state index contributed by atoms with van der Waals surface area (Å²) in [7, 11) is 0. The molecule has 0 spiro atoms. The van der Waals surface area contributed by atoms with Gasteiger partial charge < -0.3 is 14.6 Å². The standard InChI is InChI=1S/C15H19N3O2/c1-10-7-18(8-11(2)20-10)9-14-16-13-6-4-3-5-12(13)15(19)17-14/h3-6,10-11H,7-9H2,1-2H3,(H,16,17,19)/p+1/t10-,11+. The van der Waals surface area contributed by atoms with Gasteiger partial charge in [0, 0.05) is 0 Å². The van der Waals surface area contributed by atoms with Gasteiger partial charge in [0.2, 0.25) is 0 Å². The quantitative estimate of drug-likeness (QED) is 0.817. The number of hydrogen-bond donors (Lipinski definition) is 2. The lowest BCUT2D eigenvalue weighted by Crippen LogP contribution is -3.14. The fourth-order valence-electron chi connectivity index (χ4n) is 2.99. The number of fused-ring (bicyclic) bond motifs is 1. The topological polar surface area (TPSA) is 59.4 Å². The Morgan fingerprint density at radius 3 is 2.75 bits per heavy atom. The van der Waals surface area contributed by atoms with Crippen LogP contribution in [0, 0.1) is 0 Å². The van der Waals surface area contributed by atoms with E-state index in [1.807, 2.05) is 18.2 Å². The second-order valence-electron chi connectivity index (χ2n) is 5.62. The summed E-state index contributed by atoms with van der Waals surface area (Å²) in [6.07, 6.45) is 0.502. The zero-order chi connectivity index (χ0) is 14.1. The van der Waals surface area contributed by atoms with Crippen molar-refractivity contribution in [3.05, 3.63) is 40.4 Å². The van der Waals surface area contributed by atoms with E-state index in [1.54, 1.807) is 6.07 Å². The van der Waals surface area contributed by atoms with Crippen LogP contribution in [0.4, 0.5) is 0 Å². The Morgan fingerprint density at radius 1 is 1.30 bits per heavy atom. The van der Waals surface area contributed by atoms with Crippen LogP contribution in [0.5, 0.6) is 0 Å². The van der Waals surface area contributed by atoms with Gasteiger partial charge in [0.15, 0.2) is 5.82 Å². The number of aromatic amines is 1. The molecule has 2 heterocycles. The highest BCUT2D eigenvalue weighted by Gasteiger charge is 2.26. The van der Waals surface area contributed by atoms with Gasteiger partial charge in [0.1, 0.15) is 31.8 Å². The predicted octanol–water partition coefficient (Wildman–Crippen LogP) is 0.115. The number of aromatic nitrogens is 2. The van der Waals surface area contributed by atoms with Gasteiger partial charge in [0.25, 0.3) is 5.56 Å². The summed E-state index contributed by atoms with van der Waals surface area (Å²) in [6.45, 7) is 6.80. The molecule has 0 aliphatic carbocycles. The van der Waals surface area contributed by atoms with E-state index >= 15 is 0 Å². The molecule has 5 nitrogen and oxygen atoms in total. The number of hydrogen-bond acceptors (Lipinski definition) is 3. The highest BCUT2D eigenvalue weighted by molar-refractivity contribution is 5.77. The first-order valence-corrected chi connectivity index (χ1v) is 7.09. The molecule has 0 saturated carbocycles. The fraction of sp³-hybridized carbons (Fsp3) is 0.467. The van der Waals surface area contributed by atoms with Crippen LogP contribution in [0.15, 0.2) is 29.1 Å². The van der Waals surface area contributed by atoms with Crippen molar-refractivity contribution in [2.24, 2.45) is 0 Å². The van der Waals surface area contributed by atoms with Crippen LogP contribution in [0.1, 0.15) is 19.7 Å². The van der Waals surface area contributed by atoms with E-state index in [9.17, 15) is 4.79 Å². The summed E-state index contributed by atoms with van der Waals surface area (Å²) >= 11 is 0. The number of morpholine rings is 1. The van der Waals surface area contributed by atoms with Gasteiger partial charge >= 0.3 is 0 Å². The van der Waals surface area contributed by atoms with Crippen molar-refractivity contribution < 1.29 is 9.64 Å². The first-order valence-electron chi connectivity index (χ1n) is 7.09. The highest BCUT2D eigenvalue weighted by atomic mass is 16.5. The smallest absolute Gasteiger partial charge is 0.258 e. The van der Waals surface area contributed by atoms with E-state index in [-0.39, 0.29) is 17.8 Å². The molecular weight excluding hydrogens is 254 g/mol. The Bertz CT molecular complexity index is 657. The number of quaternary nitrogens is 1. The summed E-state index contributed by atoms with van der Waals surface area (Å²) in [5.41, 5.74) is 0.708. The lowest BCUT2D eigenvalue weighted by molar-refractivity contribution is -0.928. The summed E-state index contributed by atoms with van der Waals surface area (Å²) in [5, 5.41) is 0.648. The van der Waals surface area contributed by atoms with Crippen LogP contribution in [0.25, 0.3) is 10.9 Å². The average Bonchev–Trinajstić information content (AvgIpc) is 2.37. The zero-order valence-corrected chi connectivity index (χ0v) is 11.8. The van der Waals surface area contributed by atoms with Gasteiger partial charge in [-0.05, 0) is 26.0 Å². The van der Waals surface area contributed by atoms with Gasteiger partial charge in [0.05, 0.1) is 10.9 Å². The normalized spacial score (nSPS) is 26.8. The molecular formula is C15H20N3O2+. The molecule has 2 aromatic rings. The van der Waals surface area contributed by atoms with Gasteiger partial charge in [-0.2, -0.15) is 0 Å². The molecule has 20 heavy (non-hydrogen) atoms. The van der Waals surface area contributed by atoms with Gasteiger partial charge in [-0.15, -0.1) is 0 Å². The van der Waals surface area contributed by atoms with Crippen molar-refractivity contribution in [1.82, 2.24) is 9.97 Å². The lowest BCUT2D eigenvalue weighted by Gasteiger charge is -2.32. The summed E-state index contributed by atoms with van der Waals surface area (Å²) in [4.78, 5) is 20.9. The summed E-state index contributed by atoms with van der Waals surface area (Å²) in [5.74, 6) is 0.755. The Morgan fingerprint density at radius 2 is 2.00 bits per heavy atom. The monoisotopic (exact) mass is 274 g/mol. The summed E-state index contributed by atoms with van der Waals surface area (Å²) in [6, 6.07) is 7.45. The van der Waals surface area contributed by atoms with Gasteiger partial charge in [-0.3, -0.25) is 4.79 Å². The first-order chi connectivity index (χ1) is 9.61. The van der Waals surface area contributed by atoms with E-state index in [0.717, 1.165) is 31.0 Å². The van der Waals surface area contributed by atoms with Gasteiger partial charge in [-0.25, -0.2) is 4.98 Å². The minimum absolute atomic E-state index is 0.0562. The van der Waals surface area contributed by atoms with E-state index in [0.29, 0.717) is 5.39 Å². The van der Waals surface area contributed by atoms with E-state index in [2.05, 4.69) is 23.8 Å². The van der Waals surface area contributed by atoms with Crippen molar-refractivity contribution in [3.8, 4) is 0 Å². The van der Waals surface area contributed by atoms with Crippen LogP contribution in [0.2, 0.25) is 0 Å². The molecule has 3 rings (SSSR count). The molecule has 3 atom stereocenters. The van der Waals surface area contributed by atoms with Gasteiger partial charge in [-0.1, -0.05) is 12.1 Å². The second-order valence-corrected chi connectivity index (χ2v) is 5.62. The van der Waals surface area contributed by atoms with E-state index in [1.165, 1.54) is 4.90 Å². The molecule has 1 aliphatic rings. The fourth-order valence-corrected chi connectivity index (χ4v) is 2.99. The highest BCUT2D eigenvalue weighted by Crippen LogP contribution is 2.05. The molecule has 1 aromatic heterocycles. The second kappa shape index (κ2) is 5.34. The molecule has 1 unspecified atom stereocenters. The molecule has 0 radical (unpaired) electrons. The number of nitrogens with one attached hydrogen (secondary N) is 2. The third kappa shape index (κ3) is 2.73. The molecule has 1 fully saturated rings. The largest absolute Gasteiger partial charge is 0.364 e.